The summed E-state index contributed by atoms with van der Waals surface area (Å²) in [4.78, 5) is 16.7. The second kappa shape index (κ2) is 5.05. The number of hydrogen-bond donors (Lipinski definition) is 0. The molecule has 19 heavy (non-hydrogen) atoms. The Morgan fingerprint density at radius 1 is 1.42 bits per heavy atom. The highest BCUT2D eigenvalue weighted by atomic mass is 127. The number of imidazole rings is 1. The van der Waals surface area contributed by atoms with E-state index in [1.165, 1.54) is 0 Å². The number of rotatable bonds is 3. The fourth-order valence-electron chi connectivity index (χ4n) is 2.06. The number of Topliss-reactive ketones (excluding diaryl/α,β-unsaturated/α-hetero) is 1. The van der Waals surface area contributed by atoms with Gasteiger partial charge in [-0.05, 0) is 40.8 Å². The Labute approximate surface area is 128 Å². The number of carbonyl (C=O) groups is 1. The minimum absolute atomic E-state index is 0.123. The highest BCUT2D eigenvalue weighted by Gasteiger charge is 2.14. The van der Waals surface area contributed by atoms with Gasteiger partial charge in [-0.15, -0.1) is 11.3 Å². The van der Waals surface area contributed by atoms with Crippen molar-refractivity contribution in [3.05, 3.63) is 50.0 Å². The van der Waals surface area contributed by atoms with E-state index in [-0.39, 0.29) is 5.78 Å². The van der Waals surface area contributed by atoms with Crippen LogP contribution < -0.4 is 0 Å². The summed E-state index contributed by atoms with van der Waals surface area (Å²) in [7, 11) is 1.95. The lowest BCUT2D eigenvalue weighted by Gasteiger charge is -2.00. The molecule has 0 unspecified atom stereocenters. The van der Waals surface area contributed by atoms with Crippen molar-refractivity contribution in [3.63, 3.8) is 0 Å². The number of aromatic nitrogens is 2. The van der Waals surface area contributed by atoms with Gasteiger partial charge in [0.2, 0.25) is 0 Å². The Bertz CT molecular complexity index is 760. The summed E-state index contributed by atoms with van der Waals surface area (Å²) in [6.45, 7) is 0. The number of carbonyl (C=O) groups excluding carboxylic acids is 1. The van der Waals surface area contributed by atoms with Gasteiger partial charge in [0.1, 0.15) is 5.82 Å². The molecule has 0 aliphatic carbocycles. The van der Waals surface area contributed by atoms with Crippen molar-refractivity contribution in [3.8, 4) is 0 Å². The van der Waals surface area contributed by atoms with Crippen molar-refractivity contribution in [1.29, 1.82) is 0 Å². The third-order valence-electron chi connectivity index (χ3n) is 3.09. The van der Waals surface area contributed by atoms with E-state index in [4.69, 9.17) is 0 Å². The molecule has 0 spiro atoms. The predicted molar refractivity (Wildman–Crippen MR) is 85.8 cm³/mol. The van der Waals surface area contributed by atoms with E-state index in [0.717, 1.165) is 25.3 Å². The average molecular weight is 382 g/mol. The number of thiophene rings is 1. The number of para-hydroxylation sites is 2. The maximum absolute atomic E-state index is 12.2. The molecule has 0 aliphatic heterocycles. The third kappa shape index (κ3) is 2.44. The van der Waals surface area contributed by atoms with Crippen LogP contribution in [0.2, 0.25) is 0 Å². The van der Waals surface area contributed by atoms with Crippen LogP contribution in [0.4, 0.5) is 0 Å². The SMILES string of the molecule is Cn1c(CC(=O)c2csc(I)c2)nc2ccccc21. The molecule has 2 heterocycles. The van der Waals surface area contributed by atoms with Crippen LogP contribution in [0.1, 0.15) is 16.2 Å². The Morgan fingerprint density at radius 3 is 2.89 bits per heavy atom. The van der Waals surface area contributed by atoms with Gasteiger partial charge in [0.15, 0.2) is 5.78 Å². The topological polar surface area (TPSA) is 34.9 Å². The van der Waals surface area contributed by atoms with Crippen molar-refractivity contribution in [2.45, 2.75) is 6.42 Å². The monoisotopic (exact) mass is 382 g/mol. The molecule has 0 atom stereocenters. The highest BCUT2D eigenvalue weighted by Crippen LogP contribution is 2.19. The molecule has 0 saturated heterocycles. The van der Waals surface area contributed by atoms with Gasteiger partial charge in [0.05, 0.1) is 20.3 Å². The number of halogens is 1. The summed E-state index contributed by atoms with van der Waals surface area (Å²) in [5, 5.41) is 1.91. The van der Waals surface area contributed by atoms with Crippen LogP contribution in [-0.4, -0.2) is 15.3 Å². The molecule has 0 saturated carbocycles. The van der Waals surface area contributed by atoms with E-state index >= 15 is 0 Å². The number of hydrogen-bond acceptors (Lipinski definition) is 3. The standard InChI is InChI=1S/C14H11IN2OS/c1-17-11-5-3-2-4-10(11)16-14(17)7-12(18)9-6-13(15)19-8-9/h2-6,8H,7H2,1H3. The van der Waals surface area contributed by atoms with Crippen molar-refractivity contribution < 1.29 is 4.79 Å². The molecule has 96 valence electrons. The number of ketones is 1. The molecule has 0 amide bonds. The number of benzene rings is 1. The Kier molecular flexibility index (Phi) is 3.40. The van der Waals surface area contributed by atoms with Crippen molar-refractivity contribution in [2.24, 2.45) is 7.05 Å². The van der Waals surface area contributed by atoms with E-state index in [9.17, 15) is 4.79 Å². The highest BCUT2D eigenvalue weighted by molar-refractivity contribution is 14.1. The zero-order chi connectivity index (χ0) is 13.4. The van der Waals surface area contributed by atoms with Crippen LogP contribution in [0.3, 0.4) is 0 Å². The molecule has 0 N–H and O–H groups in total. The molecular weight excluding hydrogens is 371 g/mol. The average Bonchev–Trinajstić information content (AvgIpc) is 2.96. The van der Waals surface area contributed by atoms with Gasteiger partial charge in [0.25, 0.3) is 0 Å². The molecule has 0 bridgehead atoms. The summed E-state index contributed by atoms with van der Waals surface area (Å²) in [6, 6.07) is 9.86. The molecule has 0 aliphatic rings. The lowest BCUT2D eigenvalue weighted by atomic mass is 10.1. The molecule has 0 fully saturated rings. The normalized spacial score (nSPS) is 11.1. The molecule has 3 nitrogen and oxygen atoms in total. The minimum Gasteiger partial charge on any atom is -0.331 e. The molecule has 3 rings (SSSR count). The zero-order valence-electron chi connectivity index (χ0n) is 10.3. The first-order valence-corrected chi connectivity index (χ1v) is 7.78. The molecule has 2 aromatic heterocycles. The van der Waals surface area contributed by atoms with Gasteiger partial charge in [-0.25, -0.2) is 4.98 Å². The molecular formula is C14H11IN2OS. The van der Waals surface area contributed by atoms with Crippen LogP contribution in [0.5, 0.6) is 0 Å². The predicted octanol–water partition coefficient (Wildman–Crippen LogP) is 3.66. The molecule has 1 aromatic carbocycles. The molecule has 3 aromatic rings. The van der Waals surface area contributed by atoms with E-state index in [1.54, 1.807) is 11.3 Å². The molecule has 5 heteroatoms. The Balaban J connectivity index is 1.93. The van der Waals surface area contributed by atoms with E-state index in [1.807, 2.05) is 47.3 Å². The van der Waals surface area contributed by atoms with Crippen LogP contribution in [0.25, 0.3) is 11.0 Å². The number of aryl methyl sites for hydroxylation is 1. The quantitative estimate of drug-likeness (QED) is 0.512. The lowest BCUT2D eigenvalue weighted by Crippen LogP contribution is -2.07. The van der Waals surface area contributed by atoms with Crippen LogP contribution >= 0.6 is 33.9 Å². The van der Waals surface area contributed by atoms with Gasteiger partial charge in [-0.3, -0.25) is 4.79 Å². The third-order valence-corrected chi connectivity index (χ3v) is 4.88. The Hall–Kier alpha value is -1.21. The smallest absolute Gasteiger partial charge is 0.171 e. The van der Waals surface area contributed by atoms with E-state index in [0.29, 0.717) is 6.42 Å². The van der Waals surface area contributed by atoms with Crippen molar-refractivity contribution in [2.75, 3.05) is 0 Å². The molecule has 0 radical (unpaired) electrons. The number of fused-ring (bicyclic) bond motifs is 1. The zero-order valence-corrected chi connectivity index (χ0v) is 13.2. The summed E-state index contributed by atoms with van der Waals surface area (Å²) >= 11 is 3.82. The van der Waals surface area contributed by atoms with Crippen molar-refractivity contribution in [1.82, 2.24) is 9.55 Å². The van der Waals surface area contributed by atoms with Gasteiger partial charge < -0.3 is 4.57 Å². The second-order valence-corrected chi connectivity index (χ2v) is 7.12. The largest absolute Gasteiger partial charge is 0.331 e. The van der Waals surface area contributed by atoms with Gasteiger partial charge in [-0.2, -0.15) is 0 Å². The number of nitrogens with zero attached hydrogens (tertiary/aromatic N) is 2. The van der Waals surface area contributed by atoms with Crippen LogP contribution in [0, 0.1) is 2.88 Å². The van der Waals surface area contributed by atoms with Crippen LogP contribution in [-0.2, 0) is 13.5 Å². The van der Waals surface area contributed by atoms with E-state index in [2.05, 4.69) is 27.6 Å². The summed E-state index contributed by atoms with van der Waals surface area (Å²) in [5.41, 5.74) is 2.78. The maximum Gasteiger partial charge on any atom is 0.171 e. The van der Waals surface area contributed by atoms with Gasteiger partial charge in [-0.1, -0.05) is 12.1 Å². The lowest BCUT2D eigenvalue weighted by molar-refractivity contribution is 0.0990. The minimum atomic E-state index is 0.123. The second-order valence-electron chi connectivity index (χ2n) is 4.32. The first-order valence-electron chi connectivity index (χ1n) is 5.83. The summed E-state index contributed by atoms with van der Waals surface area (Å²) in [6.07, 6.45) is 0.345. The summed E-state index contributed by atoms with van der Waals surface area (Å²) in [5.74, 6) is 0.935. The maximum atomic E-state index is 12.2. The van der Waals surface area contributed by atoms with Gasteiger partial charge >= 0.3 is 0 Å². The fourth-order valence-corrected chi connectivity index (χ4v) is 3.41. The van der Waals surface area contributed by atoms with Crippen molar-refractivity contribution >= 4 is 50.7 Å². The first kappa shape index (κ1) is 12.8. The van der Waals surface area contributed by atoms with E-state index < -0.39 is 0 Å². The Morgan fingerprint density at radius 2 is 2.21 bits per heavy atom. The summed E-state index contributed by atoms with van der Waals surface area (Å²) < 4.78 is 3.12. The van der Waals surface area contributed by atoms with Crippen LogP contribution in [0.15, 0.2) is 35.7 Å². The fraction of sp³-hybridized carbons (Fsp3) is 0.143. The first-order chi connectivity index (χ1) is 9.15. The van der Waals surface area contributed by atoms with Gasteiger partial charge in [0, 0.05) is 18.0 Å².